The first-order valence-electron chi connectivity index (χ1n) is 9.27. The Bertz CT molecular complexity index is 718. The summed E-state index contributed by atoms with van der Waals surface area (Å²) in [6, 6.07) is 16.7. The summed E-state index contributed by atoms with van der Waals surface area (Å²) in [5.41, 5.74) is 3.62. The van der Waals surface area contributed by atoms with Crippen molar-refractivity contribution in [3.63, 3.8) is 0 Å². The van der Waals surface area contributed by atoms with Crippen LogP contribution in [0.5, 0.6) is 0 Å². The zero-order chi connectivity index (χ0) is 18.5. The van der Waals surface area contributed by atoms with Crippen LogP contribution in [-0.4, -0.2) is 49.2 Å². The van der Waals surface area contributed by atoms with Gasteiger partial charge in [-0.15, -0.1) is 0 Å². The summed E-state index contributed by atoms with van der Waals surface area (Å²) >= 11 is 11.7. The second kappa shape index (κ2) is 8.74. The molecule has 5 heteroatoms. The van der Waals surface area contributed by atoms with Gasteiger partial charge >= 0.3 is 0 Å². The van der Waals surface area contributed by atoms with Crippen molar-refractivity contribution in [3.8, 4) is 0 Å². The molecule has 138 valence electrons. The van der Waals surface area contributed by atoms with Gasteiger partial charge in [-0.05, 0) is 62.4 Å². The summed E-state index contributed by atoms with van der Waals surface area (Å²) in [6.07, 6.45) is 0. The van der Waals surface area contributed by atoms with Crippen LogP contribution in [0.25, 0.3) is 0 Å². The lowest BCUT2D eigenvalue weighted by atomic mass is 10.1. The van der Waals surface area contributed by atoms with E-state index in [9.17, 15) is 0 Å². The highest BCUT2D eigenvalue weighted by Gasteiger charge is 2.20. The molecule has 1 heterocycles. The van der Waals surface area contributed by atoms with Crippen LogP contribution in [0, 0.1) is 0 Å². The minimum Gasteiger partial charge on any atom is -0.372 e. The Balaban J connectivity index is 1.60. The highest BCUT2D eigenvalue weighted by molar-refractivity contribution is 7.80. The van der Waals surface area contributed by atoms with Crippen LogP contribution >= 0.6 is 23.8 Å². The highest BCUT2D eigenvalue weighted by atomic mass is 35.5. The molecule has 1 saturated heterocycles. The predicted molar refractivity (Wildman–Crippen MR) is 117 cm³/mol. The van der Waals surface area contributed by atoms with Gasteiger partial charge in [0.15, 0.2) is 0 Å². The third kappa shape index (κ3) is 4.30. The van der Waals surface area contributed by atoms with Crippen molar-refractivity contribution in [2.24, 2.45) is 0 Å². The number of hydrogen-bond donors (Lipinski definition) is 0. The van der Waals surface area contributed by atoms with Gasteiger partial charge in [0.2, 0.25) is 0 Å². The van der Waals surface area contributed by atoms with Gasteiger partial charge < -0.3 is 14.7 Å². The lowest BCUT2D eigenvalue weighted by molar-refractivity contribution is 0.392. The zero-order valence-corrected chi connectivity index (χ0v) is 17.1. The van der Waals surface area contributed by atoms with Crippen molar-refractivity contribution < 1.29 is 0 Å². The van der Waals surface area contributed by atoms with Gasteiger partial charge in [0.05, 0.1) is 0 Å². The smallest absolute Gasteiger partial charge is 0.109 e. The highest BCUT2D eigenvalue weighted by Crippen LogP contribution is 2.21. The molecule has 0 aromatic heterocycles. The molecule has 0 radical (unpaired) electrons. The molecule has 1 fully saturated rings. The Morgan fingerprint density at radius 1 is 0.923 bits per heavy atom. The van der Waals surface area contributed by atoms with Gasteiger partial charge in [0.25, 0.3) is 0 Å². The first kappa shape index (κ1) is 19.0. The number of thiocarbonyl (C=S) groups is 1. The van der Waals surface area contributed by atoms with Gasteiger partial charge in [-0.2, -0.15) is 0 Å². The molecule has 2 aromatic carbocycles. The largest absolute Gasteiger partial charge is 0.372 e. The SMILES string of the molecule is CCN(CC)c1ccc(C(=S)N2CCN(c3ccc(Cl)cc3)CC2)cc1. The fourth-order valence-corrected chi connectivity index (χ4v) is 3.85. The van der Waals surface area contributed by atoms with Crippen LogP contribution in [0.1, 0.15) is 19.4 Å². The minimum absolute atomic E-state index is 0.779. The van der Waals surface area contributed by atoms with E-state index in [2.05, 4.69) is 64.9 Å². The fraction of sp³-hybridized carbons (Fsp3) is 0.381. The average molecular weight is 388 g/mol. The number of halogens is 1. The van der Waals surface area contributed by atoms with Crippen molar-refractivity contribution in [2.75, 3.05) is 49.1 Å². The van der Waals surface area contributed by atoms with Crippen molar-refractivity contribution in [1.82, 2.24) is 4.90 Å². The summed E-state index contributed by atoms with van der Waals surface area (Å²) in [5.74, 6) is 0. The Hall–Kier alpha value is -1.78. The first-order valence-corrected chi connectivity index (χ1v) is 10.1. The zero-order valence-electron chi connectivity index (χ0n) is 15.5. The van der Waals surface area contributed by atoms with E-state index in [0.29, 0.717) is 0 Å². The van der Waals surface area contributed by atoms with Gasteiger partial charge in [0.1, 0.15) is 4.99 Å². The standard InChI is InChI=1S/C21H26ClN3S/c1-3-23(4-2)19-9-5-17(6-10-19)21(26)25-15-13-24(14-16-25)20-11-7-18(22)8-12-20/h5-12H,3-4,13-16H2,1-2H3. The minimum atomic E-state index is 0.779. The Morgan fingerprint density at radius 2 is 1.50 bits per heavy atom. The maximum Gasteiger partial charge on any atom is 0.109 e. The molecule has 0 N–H and O–H groups in total. The van der Waals surface area contributed by atoms with Crippen molar-refractivity contribution >= 4 is 40.2 Å². The molecule has 0 spiro atoms. The number of piperazine rings is 1. The van der Waals surface area contributed by atoms with Crippen molar-refractivity contribution in [3.05, 3.63) is 59.1 Å². The van der Waals surface area contributed by atoms with Crippen LogP contribution in [0.3, 0.4) is 0 Å². The first-order chi connectivity index (χ1) is 12.6. The predicted octanol–water partition coefficient (Wildman–Crippen LogP) is 4.68. The number of hydrogen-bond acceptors (Lipinski definition) is 3. The molecule has 1 aliphatic rings. The molecule has 0 saturated carbocycles. The van der Waals surface area contributed by atoms with E-state index in [0.717, 1.165) is 54.8 Å². The topological polar surface area (TPSA) is 9.72 Å². The molecule has 1 aliphatic heterocycles. The quantitative estimate of drug-likeness (QED) is 0.688. The summed E-state index contributed by atoms with van der Waals surface area (Å²) in [7, 11) is 0. The van der Waals surface area contributed by atoms with Crippen molar-refractivity contribution in [1.29, 1.82) is 0 Å². The molecule has 0 aliphatic carbocycles. The van der Waals surface area contributed by atoms with Crippen molar-refractivity contribution in [2.45, 2.75) is 13.8 Å². The summed E-state index contributed by atoms with van der Waals surface area (Å²) in [5, 5.41) is 0.779. The van der Waals surface area contributed by atoms with E-state index < -0.39 is 0 Å². The van der Waals surface area contributed by atoms with Crippen LogP contribution in [0.2, 0.25) is 5.02 Å². The number of rotatable bonds is 5. The van der Waals surface area contributed by atoms with E-state index in [1.807, 2.05) is 12.1 Å². The molecule has 3 nitrogen and oxygen atoms in total. The van der Waals surface area contributed by atoms with Gasteiger partial charge in [-0.3, -0.25) is 0 Å². The normalized spacial score (nSPS) is 14.4. The molecule has 26 heavy (non-hydrogen) atoms. The van der Waals surface area contributed by atoms with E-state index >= 15 is 0 Å². The number of anilines is 2. The summed E-state index contributed by atoms with van der Waals surface area (Å²) in [6.45, 7) is 10.2. The molecule has 0 atom stereocenters. The van der Waals surface area contributed by atoms with Crippen LogP contribution < -0.4 is 9.80 Å². The Kier molecular flexibility index (Phi) is 6.38. The lowest BCUT2D eigenvalue weighted by Crippen LogP contribution is -2.48. The molecule has 0 bridgehead atoms. The number of benzene rings is 2. The van der Waals surface area contributed by atoms with Gasteiger partial charge in [-0.25, -0.2) is 0 Å². The molecule has 0 amide bonds. The summed E-state index contributed by atoms with van der Waals surface area (Å²) in [4.78, 5) is 8.00. The maximum atomic E-state index is 5.99. The summed E-state index contributed by atoms with van der Waals surface area (Å²) < 4.78 is 0. The van der Waals surface area contributed by atoms with E-state index in [4.69, 9.17) is 23.8 Å². The molecule has 2 aromatic rings. The Morgan fingerprint density at radius 3 is 2.04 bits per heavy atom. The van der Waals surface area contributed by atoms with E-state index in [1.54, 1.807) is 0 Å². The second-order valence-electron chi connectivity index (χ2n) is 6.47. The van der Waals surface area contributed by atoms with Crippen LogP contribution in [0.15, 0.2) is 48.5 Å². The second-order valence-corrected chi connectivity index (χ2v) is 7.30. The van der Waals surface area contributed by atoms with Crippen LogP contribution in [0.4, 0.5) is 11.4 Å². The Labute approximate surface area is 167 Å². The van der Waals surface area contributed by atoms with Crippen LogP contribution in [-0.2, 0) is 0 Å². The molecule has 0 unspecified atom stereocenters. The maximum absolute atomic E-state index is 5.99. The van der Waals surface area contributed by atoms with E-state index in [-0.39, 0.29) is 0 Å². The molecule has 3 rings (SSSR count). The monoisotopic (exact) mass is 387 g/mol. The van der Waals surface area contributed by atoms with Gasteiger partial charge in [-0.1, -0.05) is 23.8 Å². The third-order valence-corrected chi connectivity index (χ3v) is 5.75. The van der Waals surface area contributed by atoms with Gasteiger partial charge in [0, 0.05) is 61.2 Å². The third-order valence-electron chi connectivity index (χ3n) is 5.00. The molecular formula is C21H26ClN3S. The number of nitrogens with zero attached hydrogens (tertiary/aromatic N) is 3. The fourth-order valence-electron chi connectivity index (χ4n) is 3.41. The average Bonchev–Trinajstić information content (AvgIpc) is 2.70. The molecular weight excluding hydrogens is 362 g/mol. The lowest BCUT2D eigenvalue weighted by Gasteiger charge is -2.37. The van der Waals surface area contributed by atoms with E-state index in [1.165, 1.54) is 11.4 Å².